The molecule has 13 heavy (non-hydrogen) atoms. The third-order valence-electron chi connectivity index (χ3n) is 2.02. The normalized spacial score (nSPS) is 13.2. The highest BCUT2D eigenvalue weighted by atomic mass is 16.5. The molecule has 1 rings (SSSR count). The molecule has 0 saturated heterocycles. The van der Waals surface area contributed by atoms with E-state index in [1.54, 1.807) is 7.11 Å². The molecule has 0 radical (unpaired) electrons. The van der Waals surface area contributed by atoms with E-state index in [1.807, 2.05) is 24.6 Å². The number of aromatic nitrogens is 2. The molecule has 4 nitrogen and oxygen atoms in total. The molecule has 0 bridgehead atoms. The Bertz CT molecular complexity index is 270. The van der Waals surface area contributed by atoms with Crippen LogP contribution >= 0.6 is 0 Å². The Morgan fingerprint density at radius 2 is 2.31 bits per heavy atom. The van der Waals surface area contributed by atoms with Gasteiger partial charge in [0.15, 0.2) is 0 Å². The zero-order valence-electron chi connectivity index (χ0n) is 8.45. The fraction of sp³-hybridized carbons (Fsp3) is 0.667. The SMILES string of the molecule is COCC(CN)n1nc(C)cc1C. The average Bonchev–Trinajstić information content (AvgIpc) is 2.41. The molecule has 1 aromatic rings. The van der Waals surface area contributed by atoms with Gasteiger partial charge in [0, 0.05) is 19.3 Å². The van der Waals surface area contributed by atoms with Gasteiger partial charge in [-0.3, -0.25) is 4.68 Å². The van der Waals surface area contributed by atoms with Gasteiger partial charge < -0.3 is 10.5 Å². The smallest absolute Gasteiger partial charge is 0.0877 e. The highest BCUT2D eigenvalue weighted by molar-refractivity contribution is 5.07. The lowest BCUT2D eigenvalue weighted by atomic mass is 10.3. The first-order chi connectivity index (χ1) is 6.19. The topological polar surface area (TPSA) is 53.1 Å². The molecule has 1 unspecified atom stereocenters. The lowest BCUT2D eigenvalue weighted by Gasteiger charge is -2.15. The minimum atomic E-state index is 0.152. The molecule has 0 fully saturated rings. The van der Waals surface area contributed by atoms with Gasteiger partial charge in [0.25, 0.3) is 0 Å². The van der Waals surface area contributed by atoms with Crippen molar-refractivity contribution in [3.05, 3.63) is 17.5 Å². The van der Waals surface area contributed by atoms with Gasteiger partial charge >= 0.3 is 0 Å². The van der Waals surface area contributed by atoms with Crippen LogP contribution in [0, 0.1) is 13.8 Å². The van der Waals surface area contributed by atoms with E-state index in [1.165, 1.54) is 0 Å². The maximum Gasteiger partial charge on any atom is 0.0877 e. The molecule has 0 saturated carbocycles. The van der Waals surface area contributed by atoms with Crippen LogP contribution in [0.3, 0.4) is 0 Å². The van der Waals surface area contributed by atoms with Crippen LogP contribution in [0.4, 0.5) is 0 Å². The number of methoxy groups -OCH3 is 1. The average molecular weight is 183 g/mol. The summed E-state index contributed by atoms with van der Waals surface area (Å²) in [6, 6.07) is 2.19. The summed E-state index contributed by atoms with van der Waals surface area (Å²) < 4.78 is 7.00. The molecule has 0 aromatic carbocycles. The first-order valence-corrected chi connectivity index (χ1v) is 4.40. The number of hydrogen-bond acceptors (Lipinski definition) is 3. The monoisotopic (exact) mass is 183 g/mol. The van der Waals surface area contributed by atoms with E-state index in [0.717, 1.165) is 11.4 Å². The van der Waals surface area contributed by atoms with Crippen molar-refractivity contribution in [3.8, 4) is 0 Å². The van der Waals surface area contributed by atoms with Crippen LogP contribution in [0.2, 0.25) is 0 Å². The third-order valence-corrected chi connectivity index (χ3v) is 2.02. The van der Waals surface area contributed by atoms with E-state index in [2.05, 4.69) is 5.10 Å². The zero-order valence-corrected chi connectivity index (χ0v) is 8.45. The van der Waals surface area contributed by atoms with Crippen LogP contribution in [0.15, 0.2) is 6.07 Å². The van der Waals surface area contributed by atoms with E-state index >= 15 is 0 Å². The Balaban J connectivity index is 2.83. The molecule has 1 heterocycles. The number of aryl methyl sites for hydroxylation is 2. The van der Waals surface area contributed by atoms with Gasteiger partial charge in [0.1, 0.15) is 0 Å². The van der Waals surface area contributed by atoms with E-state index in [9.17, 15) is 0 Å². The van der Waals surface area contributed by atoms with Gasteiger partial charge in [0.05, 0.1) is 18.3 Å². The van der Waals surface area contributed by atoms with Crippen LogP contribution in [0.1, 0.15) is 17.4 Å². The first-order valence-electron chi connectivity index (χ1n) is 4.40. The number of nitrogens with two attached hydrogens (primary N) is 1. The van der Waals surface area contributed by atoms with Crippen LogP contribution < -0.4 is 5.73 Å². The van der Waals surface area contributed by atoms with Crippen LogP contribution in [-0.2, 0) is 4.74 Å². The standard InChI is InChI=1S/C9H17N3O/c1-7-4-8(2)12(11-7)9(5-10)6-13-3/h4,9H,5-6,10H2,1-3H3. The van der Waals surface area contributed by atoms with Crippen molar-refractivity contribution in [2.24, 2.45) is 5.73 Å². The van der Waals surface area contributed by atoms with E-state index in [0.29, 0.717) is 13.2 Å². The second kappa shape index (κ2) is 4.39. The summed E-state index contributed by atoms with van der Waals surface area (Å²) in [5.41, 5.74) is 7.78. The fourth-order valence-corrected chi connectivity index (χ4v) is 1.45. The van der Waals surface area contributed by atoms with E-state index in [4.69, 9.17) is 10.5 Å². The summed E-state index contributed by atoms with van der Waals surface area (Å²) >= 11 is 0. The third kappa shape index (κ3) is 2.29. The molecule has 0 aliphatic rings. The molecule has 4 heteroatoms. The molecule has 1 aromatic heterocycles. The summed E-state index contributed by atoms with van der Waals surface area (Å²) in [7, 11) is 1.67. The van der Waals surface area contributed by atoms with Gasteiger partial charge in [0.2, 0.25) is 0 Å². The summed E-state index contributed by atoms with van der Waals surface area (Å²) in [4.78, 5) is 0. The minimum absolute atomic E-state index is 0.152. The van der Waals surface area contributed by atoms with Gasteiger partial charge in [-0.05, 0) is 19.9 Å². The van der Waals surface area contributed by atoms with Gasteiger partial charge in [-0.15, -0.1) is 0 Å². The number of rotatable bonds is 4. The highest BCUT2D eigenvalue weighted by Crippen LogP contribution is 2.09. The molecule has 0 aliphatic heterocycles. The van der Waals surface area contributed by atoms with Crippen LogP contribution in [0.25, 0.3) is 0 Å². The first kappa shape index (κ1) is 10.2. The minimum Gasteiger partial charge on any atom is -0.382 e. The van der Waals surface area contributed by atoms with Crippen LogP contribution in [0.5, 0.6) is 0 Å². The summed E-state index contributed by atoms with van der Waals surface area (Å²) in [5.74, 6) is 0. The predicted octanol–water partition coefficient (Wildman–Crippen LogP) is 0.646. The van der Waals surface area contributed by atoms with E-state index < -0.39 is 0 Å². The summed E-state index contributed by atoms with van der Waals surface area (Å²) in [5, 5.41) is 4.36. The molecule has 1 atom stereocenters. The fourth-order valence-electron chi connectivity index (χ4n) is 1.45. The number of hydrogen-bond donors (Lipinski definition) is 1. The van der Waals surface area contributed by atoms with Crippen molar-refractivity contribution in [2.75, 3.05) is 20.3 Å². The van der Waals surface area contributed by atoms with Gasteiger partial charge in [-0.25, -0.2) is 0 Å². The predicted molar refractivity (Wildman–Crippen MR) is 51.7 cm³/mol. The highest BCUT2D eigenvalue weighted by Gasteiger charge is 2.11. The molecule has 74 valence electrons. The molecule has 0 spiro atoms. The molecule has 2 N–H and O–H groups in total. The van der Waals surface area contributed by atoms with Gasteiger partial charge in [-0.1, -0.05) is 0 Å². The van der Waals surface area contributed by atoms with Crippen molar-refractivity contribution in [3.63, 3.8) is 0 Å². The Morgan fingerprint density at radius 3 is 2.69 bits per heavy atom. The Hall–Kier alpha value is -0.870. The Labute approximate surface area is 78.7 Å². The number of nitrogens with zero attached hydrogens (tertiary/aromatic N) is 2. The largest absolute Gasteiger partial charge is 0.382 e. The second-order valence-electron chi connectivity index (χ2n) is 3.22. The summed E-state index contributed by atoms with van der Waals surface area (Å²) in [6.07, 6.45) is 0. The van der Waals surface area contributed by atoms with Crippen molar-refractivity contribution in [2.45, 2.75) is 19.9 Å². The van der Waals surface area contributed by atoms with Crippen molar-refractivity contribution < 1.29 is 4.74 Å². The van der Waals surface area contributed by atoms with Crippen molar-refractivity contribution in [1.82, 2.24) is 9.78 Å². The van der Waals surface area contributed by atoms with Crippen molar-refractivity contribution in [1.29, 1.82) is 0 Å². The van der Waals surface area contributed by atoms with Crippen LogP contribution in [-0.4, -0.2) is 30.0 Å². The maximum atomic E-state index is 5.63. The quantitative estimate of drug-likeness (QED) is 0.745. The molecular weight excluding hydrogens is 166 g/mol. The Morgan fingerprint density at radius 1 is 1.62 bits per heavy atom. The van der Waals surface area contributed by atoms with E-state index in [-0.39, 0.29) is 6.04 Å². The summed E-state index contributed by atoms with van der Waals surface area (Å²) in [6.45, 7) is 5.16. The Kier molecular flexibility index (Phi) is 3.45. The molecular formula is C9H17N3O. The lowest BCUT2D eigenvalue weighted by molar-refractivity contribution is 0.151. The molecule has 0 aliphatic carbocycles. The second-order valence-corrected chi connectivity index (χ2v) is 3.22. The molecule has 0 amide bonds. The zero-order chi connectivity index (χ0) is 9.84. The lowest BCUT2D eigenvalue weighted by Crippen LogP contribution is -2.25. The maximum absolute atomic E-state index is 5.63. The van der Waals surface area contributed by atoms with Crippen molar-refractivity contribution >= 4 is 0 Å². The van der Waals surface area contributed by atoms with Gasteiger partial charge in [-0.2, -0.15) is 5.10 Å². The number of ether oxygens (including phenoxy) is 1.